The fourth-order valence-electron chi connectivity index (χ4n) is 8.02. The number of carbonyl (C=O) groups excluding carboxylic acids is 3. The second-order valence-corrected chi connectivity index (χ2v) is 19.2. The predicted molar refractivity (Wildman–Crippen MR) is 294 cm³/mol. The highest BCUT2D eigenvalue weighted by Gasteiger charge is 2.50. The first kappa shape index (κ1) is 66.9. The van der Waals surface area contributed by atoms with Crippen molar-refractivity contribution in [3.05, 3.63) is 85.1 Å². The molecule has 0 saturated carbocycles. The number of ether oxygens (including phenoxy) is 5. The van der Waals surface area contributed by atoms with Gasteiger partial charge in [-0.15, -0.1) is 0 Å². The lowest BCUT2D eigenvalue weighted by atomic mass is 9.98. The highest BCUT2D eigenvalue weighted by atomic mass is 16.7. The van der Waals surface area contributed by atoms with Crippen LogP contribution in [-0.2, 0) is 42.9 Å². The topological polar surface area (TPSA) is 175 Å². The van der Waals surface area contributed by atoms with E-state index in [1.807, 2.05) is 0 Å². The van der Waals surface area contributed by atoms with Crippen LogP contribution < -0.4 is 0 Å². The number of unbranched alkanes of at least 4 members (excludes halogenated alkanes) is 19. The summed E-state index contributed by atoms with van der Waals surface area (Å²) in [6, 6.07) is 0. The number of esters is 3. The van der Waals surface area contributed by atoms with Crippen molar-refractivity contribution in [2.45, 2.75) is 263 Å². The molecule has 0 aromatic carbocycles. The molecule has 1 heterocycles. The van der Waals surface area contributed by atoms with Gasteiger partial charge in [0.1, 0.15) is 18.8 Å². The van der Waals surface area contributed by atoms with Crippen molar-refractivity contribution in [3.8, 4) is 0 Å². The average Bonchev–Trinajstić information content (AvgIpc) is 3.37. The van der Waals surface area contributed by atoms with Crippen molar-refractivity contribution in [2.75, 3.05) is 13.2 Å². The molecule has 1 aliphatic heterocycles. The normalized spacial score (nSPS) is 18.9. The number of aliphatic carboxylic acids is 1. The number of carboxylic acid groups (broad SMARTS) is 1. The first-order valence-corrected chi connectivity index (χ1v) is 28.6. The highest BCUT2D eigenvalue weighted by Crippen LogP contribution is 2.26. The van der Waals surface area contributed by atoms with Gasteiger partial charge < -0.3 is 39.0 Å². The molecule has 0 bridgehead atoms. The van der Waals surface area contributed by atoms with Gasteiger partial charge in [0.05, 0.1) is 6.61 Å². The van der Waals surface area contributed by atoms with Crippen LogP contribution in [0.1, 0.15) is 226 Å². The number of rotatable bonds is 47. The fourth-order valence-corrected chi connectivity index (χ4v) is 8.02. The number of carboxylic acids is 1. The molecule has 6 atom stereocenters. The van der Waals surface area contributed by atoms with Crippen LogP contribution in [0, 0.1) is 0 Å². The Labute approximate surface area is 441 Å². The number of aliphatic hydroxyl groups is 2. The van der Waals surface area contributed by atoms with Crippen molar-refractivity contribution in [1.82, 2.24) is 0 Å². The van der Waals surface area contributed by atoms with Crippen molar-refractivity contribution in [1.29, 1.82) is 0 Å². The number of hydrogen-bond acceptors (Lipinski definition) is 11. The smallest absolute Gasteiger partial charge is 0.335 e. The number of aliphatic hydroxyl groups excluding tert-OH is 2. The van der Waals surface area contributed by atoms with Gasteiger partial charge in [-0.25, -0.2) is 4.79 Å². The average molecular weight is 1030 g/mol. The first-order valence-electron chi connectivity index (χ1n) is 28.6. The van der Waals surface area contributed by atoms with Crippen molar-refractivity contribution < 1.29 is 58.2 Å². The Hall–Kier alpha value is -4.10. The van der Waals surface area contributed by atoms with E-state index >= 15 is 0 Å². The van der Waals surface area contributed by atoms with Crippen molar-refractivity contribution in [2.24, 2.45) is 0 Å². The van der Waals surface area contributed by atoms with Gasteiger partial charge in [0.2, 0.25) is 0 Å². The quantitative estimate of drug-likeness (QED) is 0.0228. The van der Waals surface area contributed by atoms with Crippen LogP contribution in [0.4, 0.5) is 0 Å². The maximum absolute atomic E-state index is 13.1. The largest absolute Gasteiger partial charge is 0.479 e. The molecule has 1 rings (SSSR count). The lowest BCUT2D eigenvalue weighted by molar-refractivity contribution is -0.301. The molecular weight excluding hydrogens is 925 g/mol. The van der Waals surface area contributed by atoms with E-state index in [0.717, 1.165) is 128 Å². The van der Waals surface area contributed by atoms with Gasteiger partial charge in [-0.2, -0.15) is 0 Å². The van der Waals surface area contributed by atoms with E-state index in [1.165, 1.54) is 38.5 Å². The Morgan fingerprint density at radius 3 is 1.38 bits per heavy atom. The van der Waals surface area contributed by atoms with Crippen LogP contribution in [0.15, 0.2) is 85.1 Å². The number of carbonyl (C=O) groups is 4. The highest BCUT2D eigenvalue weighted by molar-refractivity contribution is 5.74. The van der Waals surface area contributed by atoms with Crippen LogP contribution in [0.5, 0.6) is 0 Å². The van der Waals surface area contributed by atoms with E-state index in [1.54, 1.807) is 0 Å². The van der Waals surface area contributed by atoms with Crippen LogP contribution in [0.3, 0.4) is 0 Å². The molecule has 0 radical (unpaired) electrons. The minimum absolute atomic E-state index is 0.0390. The van der Waals surface area contributed by atoms with Crippen molar-refractivity contribution >= 4 is 23.9 Å². The standard InChI is InChI=1S/C61H100O12/c1-4-7-10-13-16-19-22-24-25-26-27-28-29-31-34-37-40-43-46-49-55(64)72-59-57(66)56(65)58(60(67)68)73-61(59)70-51-52(71-54(63)48-45-42-39-36-32-21-18-15-12-9-6-3)50-69-53(62)47-44-41-38-35-33-30-23-20-17-14-11-8-5-2/h8,11,15-20,24-25,27-28,30,33,52,56-59,61,65-66H,4-7,9-10,12-14,21-23,26,29,31-32,34-51H2,1-3H3,(H,67,68)/b11-8-,18-15-,19-16-,20-17-,25-24-,28-27-,33-30-. The number of hydrogen-bond donors (Lipinski definition) is 3. The van der Waals surface area contributed by atoms with Gasteiger partial charge in [0.25, 0.3) is 0 Å². The third kappa shape index (κ3) is 39.0. The maximum atomic E-state index is 13.1. The Balaban J connectivity index is 2.70. The summed E-state index contributed by atoms with van der Waals surface area (Å²) in [5.74, 6) is -3.19. The number of allylic oxidation sites excluding steroid dienone is 14. The Morgan fingerprint density at radius 1 is 0.466 bits per heavy atom. The summed E-state index contributed by atoms with van der Waals surface area (Å²) < 4.78 is 28.3. The summed E-state index contributed by atoms with van der Waals surface area (Å²) in [5, 5.41) is 31.4. The van der Waals surface area contributed by atoms with E-state index in [4.69, 9.17) is 23.7 Å². The molecule has 1 saturated heterocycles. The third-order valence-electron chi connectivity index (χ3n) is 12.4. The Kier molecular flexibility index (Phi) is 44.7. The third-order valence-corrected chi connectivity index (χ3v) is 12.4. The van der Waals surface area contributed by atoms with E-state index < -0.39 is 67.3 Å². The summed E-state index contributed by atoms with van der Waals surface area (Å²) in [7, 11) is 0. The second-order valence-electron chi connectivity index (χ2n) is 19.2. The molecule has 0 aromatic rings. The second kappa shape index (κ2) is 48.8. The van der Waals surface area contributed by atoms with E-state index in [0.29, 0.717) is 19.3 Å². The Morgan fingerprint density at radius 2 is 0.877 bits per heavy atom. The summed E-state index contributed by atoms with van der Waals surface area (Å²) in [4.78, 5) is 51.0. The molecule has 0 spiro atoms. The van der Waals surface area contributed by atoms with Gasteiger partial charge in [-0.05, 0) is 109 Å². The molecule has 12 heteroatoms. The van der Waals surface area contributed by atoms with Crippen molar-refractivity contribution in [3.63, 3.8) is 0 Å². The summed E-state index contributed by atoms with van der Waals surface area (Å²) >= 11 is 0. The summed E-state index contributed by atoms with van der Waals surface area (Å²) in [6.07, 6.45) is 49.9. The summed E-state index contributed by atoms with van der Waals surface area (Å²) in [5.41, 5.74) is 0. The van der Waals surface area contributed by atoms with Gasteiger partial charge in [-0.1, -0.05) is 183 Å². The molecule has 12 nitrogen and oxygen atoms in total. The zero-order valence-corrected chi connectivity index (χ0v) is 45.6. The molecule has 416 valence electrons. The van der Waals surface area contributed by atoms with Gasteiger partial charge in [-0.3, -0.25) is 14.4 Å². The van der Waals surface area contributed by atoms with Crippen LogP contribution in [0.25, 0.3) is 0 Å². The zero-order valence-electron chi connectivity index (χ0n) is 45.6. The predicted octanol–water partition coefficient (Wildman–Crippen LogP) is 14.3. The van der Waals surface area contributed by atoms with E-state index in [9.17, 15) is 34.5 Å². The molecule has 1 fully saturated rings. The monoisotopic (exact) mass is 1020 g/mol. The minimum atomic E-state index is -1.92. The lowest BCUT2D eigenvalue weighted by Gasteiger charge is -2.40. The maximum Gasteiger partial charge on any atom is 0.335 e. The molecule has 3 N–H and O–H groups in total. The molecule has 1 aliphatic rings. The lowest BCUT2D eigenvalue weighted by Crippen LogP contribution is -2.61. The molecule has 0 aliphatic carbocycles. The van der Waals surface area contributed by atoms with Crippen LogP contribution >= 0.6 is 0 Å². The van der Waals surface area contributed by atoms with Crippen LogP contribution in [0.2, 0.25) is 0 Å². The zero-order chi connectivity index (χ0) is 53.3. The van der Waals surface area contributed by atoms with Gasteiger partial charge >= 0.3 is 23.9 Å². The van der Waals surface area contributed by atoms with E-state index in [2.05, 4.69) is 106 Å². The first-order chi connectivity index (χ1) is 35.6. The fraction of sp³-hybridized carbons (Fsp3) is 0.705. The molecule has 73 heavy (non-hydrogen) atoms. The van der Waals surface area contributed by atoms with E-state index in [-0.39, 0.29) is 25.9 Å². The van der Waals surface area contributed by atoms with Gasteiger partial charge in [0.15, 0.2) is 24.6 Å². The molecular formula is C61H100O12. The Bertz CT molecular complexity index is 1590. The molecule has 0 amide bonds. The van der Waals surface area contributed by atoms with Crippen LogP contribution in [-0.4, -0.2) is 89.2 Å². The SMILES string of the molecule is CC/C=C\C/C=C\C/C=C\CCCCCC(=O)OCC(COC1OC(C(=O)O)C(O)C(O)C1OC(=O)CCCCCCCC/C=C\C/C=C\C/C=C\CCCCC)OC(=O)CCCCCCC/C=C\CCCC. The van der Waals surface area contributed by atoms with Gasteiger partial charge in [0, 0.05) is 19.3 Å². The summed E-state index contributed by atoms with van der Waals surface area (Å²) in [6.45, 7) is 5.76. The molecule has 0 aromatic heterocycles. The molecule has 6 unspecified atom stereocenters. The minimum Gasteiger partial charge on any atom is -0.479 e.